The van der Waals surface area contributed by atoms with E-state index in [2.05, 4.69) is 49.5 Å². The van der Waals surface area contributed by atoms with Crippen LogP contribution in [0.2, 0.25) is 0 Å². The van der Waals surface area contributed by atoms with Gasteiger partial charge in [-0.1, -0.05) is 13.0 Å². The molecule has 1 N–H and O–H groups in total. The fourth-order valence-corrected chi connectivity index (χ4v) is 6.61. The number of pyridine rings is 1. The van der Waals surface area contributed by atoms with Crippen molar-refractivity contribution in [1.29, 1.82) is 0 Å². The summed E-state index contributed by atoms with van der Waals surface area (Å²) in [6, 6.07) is 4.95. The van der Waals surface area contributed by atoms with Gasteiger partial charge in [0, 0.05) is 17.9 Å². The Morgan fingerprint density at radius 3 is 2.43 bits per heavy atom. The maximum absolute atomic E-state index is 4.55. The van der Waals surface area contributed by atoms with E-state index in [1.165, 1.54) is 44.1 Å². The summed E-state index contributed by atoms with van der Waals surface area (Å²) in [5, 5.41) is 3.67. The molecule has 1 aromatic heterocycles. The zero-order valence-electron chi connectivity index (χ0n) is 13.7. The molecule has 3 atom stereocenters. The highest BCUT2D eigenvalue weighted by molar-refractivity contribution is 5.23. The van der Waals surface area contributed by atoms with Crippen molar-refractivity contribution in [3.63, 3.8) is 0 Å². The molecule has 4 aliphatic rings. The second kappa shape index (κ2) is 4.55. The van der Waals surface area contributed by atoms with Gasteiger partial charge in [0.25, 0.3) is 0 Å². The van der Waals surface area contributed by atoms with Gasteiger partial charge in [0.2, 0.25) is 0 Å². The lowest BCUT2D eigenvalue weighted by Gasteiger charge is -2.63. The number of nitrogens with zero attached hydrogens (tertiary/aromatic N) is 1. The minimum Gasteiger partial charge on any atom is -0.312 e. The lowest BCUT2D eigenvalue weighted by molar-refractivity contribution is -0.118. The third kappa shape index (κ3) is 2.14. The molecule has 0 aromatic carbocycles. The van der Waals surface area contributed by atoms with Crippen molar-refractivity contribution in [2.45, 2.75) is 58.4 Å². The Hall–Kier alpha value is -0.890. The van der Waals surface area contributed by atoms with Gasteiger partial charge in [0.1, 0.15) is 0 Å². The van der Waals surface area contributed by atoms with E-state index >= 15 is 0 Å². The number of rotatable bonds is 3. The molecule has 4 bridgehead atoms. The van der Waals surface area contributed by atoms with Crippen LogP contribution in [0.1, 0.15) is 62.7 Å². The van der Waals surface area contributed by atoms with Crippen molar-refractivity contribution in [3.8, 4) is 0 Å². The fraction of sp³-hybridized carbons (Fsp3) is 0.737. The quantitative estimate of drug-likeness (QED) is 0.897. The summed E-state index contributed by atoms with van der Waals surface area (Å²) in [7, 11) is 2.14. The van der Waals surface area contributed by atoms with Gasteiger partial charge in [-0.3, -0.25) is 4.98 Å². The van der Waals surface area contributed by atoms with Crippen LogP contribution in [0, 0.1) is 29.6 Å². The lowest BCUT2D eigenvalue weighted by Crippen LogP contribution is -2.55. The van der Waals surface area contributed by atoms with Gasteiger partial charge in [0.15, 0.2) is 0 Å². The van der Waals surface area contributed by atoms with Crippen LogP contribution in [-0.4, -0.2) is 12.0 Å². The number of hydrogen-bond acceptors (Lipinski definition) is 2. The molecule has 0 spiro atoms. The minimum absolute atomic E-state index is 0.477. The monoisotopic (exact) mass is 284 g/mol. The van der Waals surface area contributed by atoms with E-state index in [1.807, 2.05) is 0 Å². The second-order valence-electron chi connectivity index (χ2n) is 8.59. The molecule has 4 saturated carbocycles. The van der Waals surface area contributed by atoms with Crippen LogP contribution in [0.5, 0.6) is 0 Å². The molecule has 0 saturated heterocycles. The topological polar surface area (TPSA) is 24.9 Å². The van der Waals surface area contributed by atoms with Gasteiger partial charge >= 0.3 is 0 Å². The van der Waals surface area contributed by atoms with Crippen LogP contribution in [0.3, 0.4) is 0 Å². The Morgan fingerprint density at radius 1 is 1.19 bits per heavy atom. The van der Waals surface area contributed by atoms with Gasteiger partial charge in [-0.15, -0.1) is 0 Å². The van der Waals surface area contributed by atoms with Gasteiger partial charge in [-0.05, 0) is 86.8 Å². The molecule has 114 valence electrons. The van der Waals surface area contributed by atoms with Crippen molar-refractivity contribution >= 4 is 0 Å². The maximum atomic E-state index is 4.55. The summed E-state index contributed by atoms with van der Waals surface area (Å²) >= 11 is 0. The molecule has 4 fully saturated rings. The molecule has 4 aliphatic carbocycles. The second-order valence-corrected chi connectivity index (χ2v) is 8.59. The molecule has 5 rings (SSSR count). The maximum Gasteiger partial charge on any atom is 0.0390 e. The average Bonchev–Trinajstić information content (AvgIpc) is 2.38. The SMILES string of the molecule is CNC(c1ccc(C)nc1)C12CC3CC(CC(C)(C3)C1)C2. The predicted octanol–water partition coefficient (Wildman–Crippen LogP) is 4.26. The highest BCUT2D eigenvalue weighted by Gasteiger charge is 2.58. The molecule has 2 heteroatoms. The van der Waals surface area contributed by atoms with Crippen molar-refractivity contribution in [2.75, 3.05) is 7.05 Å². The molecular weight excluding hydrogens is 256 g/mol. The van der Waals surface area contributed by atoms with Gasteiger partial charge in [0.05, 0.1) is 0 Å². The van der Waals surface area contributed by atoms with Gasteiger partial charge in [-0.2, -0.15) is 0 Å². The lowest BCUT2D eigenvalue weighted by atomic mass is 9.43. The molecule has 0 radical (unpaired) electrons. The molecule has 0 amide bonds. The normalized spacial score (nSPS) is 42.2. The molecule has 21 heavy (non-hydrogen) atoms. The van der Waals surface area contributed by atoms with E-state index in [-0.39, 0.29) is 0 Å². The van der Waals surface area contributed by atoms with E-state index in [4.69, 9.17) is 0 Å². The highest BCUT2D eigenvalue weighted by atomic mass is 14.9. The minimum atomic E-state index is 0.477. The molecular formula is C19H28N2. The Labute approximate surface area is 128 Å². The van der Waals surface area contributed by atoms with E-state index in [1.54, 1.807) is 0 Å². The molecule has 3 unspecified atom stereocenters. The first-order valence-electron chi connectivity index (χ1n) is 8.62. The Bertz CT molecular complexity index is 519. The highest BCUT2D eigenvalue weighted by Crippen LogP contribution is 2.68. The van der Waals surface area contributed by atoms with Crippen LogP contribution >= 0.6 is 0 Å². The summed E-state index contributed by atoms with van der Waals surface area (Å²) in [6.07, 6.45) is 10.8. The third-order valence-corrected chi connectivity index (χ3v) is 6.57. The van der Waals surface area contributed by atoms with Gasteiger partial charge in [-0.25, -0.2) is 0 Å². The molecule has 2 nitrogen and oxygen atoms in total. The van der Waals surface area contributed by atoms with E-state index in [9.17, 15) is 0 Å². The summed E-state index contributed by atoms with van der Waals surface area (Å²) in [5.41, 5.74) is 3.60. The molecule has 1 heterocycles. The van der Waals surface area contributed by atoms with Gasteiger partial charge < -0.3 is 5.32 Å². The van der Waals surface area contributed by atoms with E-state index in [0.29, 0.717) is 16.9 Å². The summed E-state index contributed by atoms with van der Waals surface area (Å²) in [6.45, 7) is 4.63. The Balaban J connectivity index is 1.71. The van der Waals surface area contributed by atoms with Crippen LogP contribution < -0.4 is 5.32 Å². The first-order chi connectivity index (χ1) is 10.0. The average molecular weight is 284 g/mol. The van der Waals surface area contributed by atoms with Crippen LogP contribution in [0.4, 0.5) is 0 Å². The summed E-state index contributed by atoms with van der Waals surface area (Å²) in [5.74, 6) is 1.95. The van der Waals surface area contributed by atoms with Crippen molar-refractivity contribution in [1.82, 2.24) is 10.3 Å². The molecule has 1 aromatic rings. The zero-order valence-corrected chi connectivity index (χ0v) is 13.7. The Kier molecular flexibility index (Phi) is 2.98. The van der Waals surface area contributed by atoms with E-state index < -0.39 is 0 Å². The number of hydrogen-bond donors (Lipinski definition) is 1. The van der Waals surface area contributed by atoms with Crippen molar-refractivity contribution in [3.05, 3.63) is 29.6 Å². The van der Waals surface area contributed by atoms with Crippen LogP contribution in [-0.2, 0) is 0 Å². The molecule has 0 aliphatic heterocycles. The largest absolute Gasteiger partial charge is 0.312 e. The number of aryl methyl sites for hydroxylation is 1. The summed E-state index contributed by atoms with van der Waals surface area (Å²) in [4.78, 5) is 4.55. The van der Waals surface area contributed by atoms with Crippen molar-refractivity contribution < 1.29 is 0 Å². The zero-order chi connectivity index (χ0) is 14.7. The number of aromatic nitrogens is 1. The first-order valence-corrected chi connectivity index (χ1v) is 8.62. The number of nitrogens with one attached hydrogen (secondary N) is 1. The van der Waals surface area contributed by atoms with Crippen LogP contribution in [0.15, 0.2) is 18.3 Å². The smallest absolute Gasteiger partial charge is 0.0390 e. The predicted molar refractivity (Wildman–Crippen MR) is 86.0 cm³/mol. The fourth-order valence-electron chi connectivity index (χ4n) is 6.61. The Morgan fingerprint density at radius 2 is 1.90 bits per heavy atom. The van der Waals surface area contributed by atoms with Crippen molar-refractivity contribution in [2.24, 2.45) is 22.7 Å². The summed E-state index contributed by atoms with van der Waals surface area (Å²) < 4.78 is 0. The van der Waals surface area contributed by atoms with Crippen LogP contribution in [0.25, 0.3) is 0 Å². The third-order valence-electron chi connectivity index (χ3n) is 6.57. The first kappa shape index (κ1) is 13.8. The standard InChI is InChI=1S/C19H28N2/c1-13-4-5-16(11-21-13)17(20-3)19-9-14-6-15(10-19)8-18(2,7-14)12-19/h4-5,11,14-15,17,20H,6-10,12H2,1-3H3. The van der Waals surface area contributed by atoms with E-state index in [0.717, 1.165) is 17.5 Å².